The number of H-pyrrole nitrogens is 1. The topological polar surface area (TPSA) is 53.8 Å². The van der Waals surface area contributed by atoms with Gasteiger partial charge in [-0.05, 0) is 37.1 Å². The summed E-state index contributed by atoms with van der Waals surface area (Å²) in [6, 6.07) is 0. The molecule has 12 heavy (non-hydrogen) atoms. The van der Waals surface area contributed by atoms with Crippen molar-refractivity contribution in [2.24, 2.45) is 5.73 Å². The van der Waals surface area contributed by atoms with Gasteiger partial charge in [0.15, 0.2) is 0 Å². The third kappa shape index (κ3) is 1.26. The summed E-state index contributed by atoms with van der Waals surface area (Å²) >= 11 is 0. The van der Waals surface area contributed by atoms with Crippen LogP contribution in [0.1, 0.15) is 16.8 Å². The highest BCUT2D eigenvalue weighted by Crippen LogP contribution is 2.17. The molecule has 0 saturated heterocycles. The lowest BCUT2D eigenvalue weighted by Crippen LogP contribution is -2.23. The van der Waals surface area contributed by atoms with Crippen molar-refractivity contribution in [2.45, 2.75) is 19.4 Å². The fraction of sp³-hybridized carbons (Fsp3) is 0.556. The standard InChI is InChI=1S/C9H15N3/c10-3-1-7-5-12-9-6-11-4-2-8(7)9/h5,11-12H,1-4,6,10H2. The maximum absolute atomic E-state index is 5.52. The zero-order valence-electron chi connectivity index (χ0n) is 7.19. The van der Waals surface area contributed by atoms with E-state index in [0.717, 1.165) is 32.5 Å². The first-order valence-electron chi connectivity index (χ1n) is 4.50. The summed E-state index contributed by atoms with van der Waals surface area (Å²) in [5, 5.41) is 3.33. The SMILES string of the molecule is NCCc1c[nH]c2c1CCNC2. The number of hydrogen-bond donors (Lipinski definition) is 3. The fourth-order valence-electron chi connectivity index (χ4n) is 1.82. The Kier molecular flexibility index (Phi) is 2.15. The van der Waals surface area contributed by atoms with Gasteiger partial charge in [0.2, 0.25) is 0 Å². The Balaban J connectivity index is 2.25. The van der Waals surface area contributed by atoms with E-state index in [4.69, 9.17) is 5.73 Å². The maximum Gasteiger partial charge on any atom is 0.0360 e. The van der Waals surface area contributed by atoms with Gasteiger partial charge in [0, 0.05) is 18.4 Å². The predicted octanol–water partition coefficient (Wildman–Crippen LogP) is 0.162. The second kappa shape index (κ2) is 3.29. The average molecular weight is 165 g/mol. The van der Waals surface area contributed by atoms with Gasteiger partial charge in [0.05, 0.1) is 0 Å². The normalized spacial score (nSPS) is 16.1. The number of hydrogen-bond acceptors (Lipinski definition) is 2. The van der Waals surface area contributed by atoms with E-state index in [9.17, 15) is 0 Å². The van der Waals surface area contributed by atoms with Crippen LogP contribution >= 0.6 is 0 Å². The van der Waals surface area contributed by atoms with Crippen LogP contribution in [-0.4, -0.2) is 18.1 Å². The van der Waals surface area contributed by atoms with Crippen molar-refractivity contribution in [2.75, 3.05) is 13.1 Å². The third-order valence-electron chi connectivity index (χ3n) is 2.44. The minimum absolute atomic E-state index is 0.748. The molecule has 2 rings (SSSR count). The summed E-state index contributed by atoms with van der Waals surface area (Å²) in [5.41, 5.74) is 9.79. The molecule has 0 atom stereocenters. The molecule has 1 aliphatic rings. The van der Waals surface area contributed by atoms with Crippen LogP contribution in [0.25, 0.3) is 0 Å². The van der Waals surface area contributed by atoms with Crippen molar-refractivity contribution in [1.29, 1.82) is 0 Å². The first kappa shape index (κ1) is 7.83. The quantitative estimate of drug-likeness (QED) is 0.585. The molecule has 3 nitrogen and oxygen atoms in total. The fourth-order valence-corrected chi connectivity index (χ4v) is 1.82. The Morgan fingerprint density at radius 2 is 2.42 bits per heavy atom. The van der Waals surface area contributed by atoms with Crippen molar-refractivity contribution in [3.63, 3.8) is 0 Å². The number of nitrogens with one attached hydrogen (secondary N) is 2. The minimum Gasteiger partial charge on any atom is -0.363 e. The average Bonchev–Trinajstić information content (AvgIpc) is 2.50. The summed E-state index contributed by atoms with van der Waals surface area (Å²) in [6.45, 7) is 2.83. The van der Waals surface area contributed by atoms with Crippen LogP contribution in [0.4, 0.5) is 0 Å². The first-order chi connectivity index (χ1) is 5.92. The van der Waals surface area contributed by atoms with E-state index < -0.39 is 0 Å². The van der Waals surface area contributed by atoms with Gasteiger partial charge in [-0.3, -0.25) is 0 Å². The number of rotatable bonds is 2. The second-order valence-corrected chi connectivity index (χ2v) is 3.24. The van der Waals surface area contributed by atoms with E-state index in [0.29, 0.717) is 0 Å². The zero-order chi connectivity index (χ0) is 8.39. The molecule has 0 saturated carbocycles. The van der Waals surface area contributed by atoms with Crippen LogP contribution in [0.2, 0.25) is 0 Å². The molecule has 0 unspecified atom stereocenters. The molecule has 0 bridgehead atoms. The molecule has 1 aliphatic heterocycles. The lowest BCUT2D eigenvalue weighted by Gasteiger charge is -2.13. The van der Waals surface area contributed by atoms with Crippen molar-refractivity contribution < 1.29 is 0 Å². The molecule has 0 radical (unpaired) electrons. The van der Waals surface area contributed by atoms with E-state index in [2.05, 4.69) is 16.5 Å². The number of nitrogens with two attached hydrogens (primary N) is 1. The molecule has 0 amide bonds. The molecule has 0 aliphatic carbocycles. The predicted molar refractivity (Wildman–Crippen MR) is 49.0 cm³/mol. The van der Waals surface area contributed by atoms with Gasteiger partial charge in [0.1, 0.15) is 0 Å². The van der Waals surface area contributed by atoms with E-state index in [1.54, 1.807) is 0 Å². The van der Waals surface area contributed by atoms with Crippen molar-refractivity contribution >= 4 is 0 Å². The molecule has 66 valence electrons. The van der Waals surface area contributed by atoms with Crippen LogP contribution in [0, 0.1) is 0 Å². The van der Waals surface area contributed by atoms with E-state index in [1.807, 2.05) is 0 Å². The zero-order valence-corrected chi connectivity index (χ0v) is 7.19. The molecule has 0 fully saturated rings. The lowest BCUT2D eigenvalue weighted by molar-refractivity contribution is 0.632. The first-order valence-corrected chi connectivity index (χ1v) is 4.50. The number of aromatic amines is 1. The maximum atomic E-state index is 5.52. The summed E-state index contributed by atoms with van der Waals surface area (Å²) < 4.78 is 0. The molecular formula is C9H15N3. The molecule has 1 aromatic heterocycles. The van der Waals surface area contributed by atoms with Gasteiger partial charge in [0.25, 0.3) is 0 Å². The Bertz CT molecular complexity index is 265. The number of fused-ring (bicyclic) bond motifs is 1. The van der Waals surface area contributed by atoms with Crippen molar-refractivity contribution in [1.82, 2.24) is 10.3 Å². The Labute approximate surface area is 72.3 Å². The molecule has 1 aromatic rings. The van der Waals surface area contributed by atoms with Crippen LogP contribution < -0.4 is 11.1 Å². The van der Waals surface area contributed by atoms with Crippen LogP contribution in [0.5, 0.6) is 0 Å². The van der Waals surface area contributed by atoms with Crippen molar-refractivity contribution in [3.8, 4) is 0 Å². The summed E-state index contributed by atoms with van der Waals surface area (Å²) in [5.74, 6) is 0. The van der Waals surface area contributed by atoms with Gasteiger partial charge in [-0.2, -0.15) is 0 Å². The second-order valence-electron chi connectivity index (χ2n) is 3.24. The molecular weight excluding hydrogens is 150 g/mol. The van der Waals surface area contributed by atoms with Crippen LogP contribution in [0.15, 0.2) is 6.20 Å². The largest absolute Gasteiger partial charge is 0.363 e. The molecule has 3 heteroatoms. The number of aromatic nitrogens is 1. The Hall–Kier alpha value is -0.800. The monoisotopic (exact) mass is 165 g/mol. The third-order valence-corrected chi connectivity index (χ3v) is 2.44. The molecule has 4 N–H and O–H groups in total. The summed E-state index contributed by atoms with van der Waals surface area (Å²) in [7, 11) is 0. The van der Waals surface area contributed by atoms with Gasteiger partial charge >= 0.3 is 0 Å². The van der Waals surface area contributed by atoms with Gasteiger partial charge in [-0.1, -0.05) is 0 Å². The Morgan fingerprint density at radius 3 is 3.25 bits per heavy atom. The highest BCUT2D eigenvalue weighted by Gasteiger charge is 2.13. The molecule has 0 spiro atoms. The highest BCUT2D eigenvalue weighted by molar-refractivity contribution is 5.33. The van der Waals surface area contributed by atoms with Crippen molar-refractivity contribution in [3.05, 3.63) is 23.0 Å². The lowest BCUT2D eigenvalue weighted by atomic mass is 10.0. The highest BCUT2D eigenvalue weighted by atomic mass is 14.9. The molecule has 0 aromatic carbocycles. The van der Waals surface area contributed by atoms with E-state index >= 15 is 0 Å². The summed E-state index contributed by atoms with van der Waals surface area (Å²) in [4.78, 5) is 3.29. The smallest absolute Gasteiger partial charge is 0.0360 e. The van der Waals surface area contributed by atoms with Gasteiger partial charge in [-0.25, -0.2) is 0 Å². The van der Waals surface area contributed by atoms with Gasteiger partial charge < -0.3 is 16.0 Å². The van der Waals surface area contributed by atoms with Crippen LogP contribution in [0.3, 0.4) is 0 Å². The summed E-state index contributed by atoms with van der Waals surface area (Å²) in [6.07, 6.45) is 4.25. The molecule has 2 heterocycles. The Morgan fingerprint density at radius 1 is 1.50 bits per heavy atom. The van der Waals surface area contributed by atoms with E-state index in [-0.39, 0.29) is 0 Å². The van der Waals surface area contributed by atoms with Crippen LogP contribution in [-0.2, 0) is 19.4 Å². The van der Waals surface area contributed by atoms with Gasteiger partial charge in [-0.15, -0.1) is 0 Å². The minimum atomic E-state index is 0.748. The van der Waals surface area contributed by atoms with E-state index in [1.165, 1.54) is 16.8 Å².